The minimum atomic E-state index is -3.73. The van der Waals surface area contributed by atoms with Crippen LogP contribution in [0.25, 0.3) is 5.69 Å². The molecule has 0 aliphatic rings. The Labute approximate surface area is 208 Å². The fraction of sp³-hybridized carbons (Fsp3) is 0.154. The molecule has 0 unspecified atom stereocenters. The summed E-state index contributed by atoms with van der Waals surface area (Å²) in [4.78, 5) is 26.0. The molecule has 0 aliphatic heterocycles. The van der Waals surface area contributed by atoms with Gasteiger partial charge >= 0.3 is 0 Å². The fourth-order valence-corrected chi connectivity index (χ4v) is 4.74. The first kappa shape index (κ1) is 24.9. The third-order valence-electron chi connectivity index (χ3n) is 5.88. The molecule has 4 rings (SSSR count). The van der Waals surface area contributed by atoms with E-state index in [1.807, 2.05) is 18.2 Å². The Bertz CT molecular complexity index is 1580. The second kappa shape index (κ2) is 9.82. The molecule has 0 aliphatic carbocycles. The molecular weight excluding hydrogens is 483 g/mol. The van der Waals surface area contributed by atoms with Crippen LogP contribution in [-0.4, -0.2) is 29.9 Å². The maximum Gasteiger partial charge on any atom is 0.295 e. The molecular formula is C26H25FN4O4S. The molecule has 10 heteroatoms. The summed E-state index contributed by atoms with van der Waals surface area (Å²) in [6.45, 7) is 1.53. The van der Waals surface area contributed by atoms with Crippen molar-refractivity contribution in [3.05, 3.63) is 112 Å². The number of nitrogens with one attached hydrogen (secondary N) is 1. The van der Waals surface area contributed by atoms with Crippen LogP contribution in [0, 0.1) is 12.7 Å². The van der Waals surface area contributed by atoms with Gasteiger partial charge in [-0.1, -0.05) is 36.4 Å². The van der Waals surface area contributed by atoms with Gasteiger partial charge in [0, 0.05) is 18.2 Å². The first-order valence-electron chi connectivity index (χ1n) is 11.0. The Morgan fingerprint density at radius 2 is 1.58 bits per heavy atom. The zero-order chi connectivity index (χ0) is 26.0. The number of amides is 1. The average molecular weight is 509 g/mol. The van der Waals surface area contributed by atoms with Crippen molar-refractivity contribution in [3.8, 4) is 5.69 Å². The number of sulfonamides is 1. The van der Waals surface area contributed by atoms with E-state index in [9.17, 15) is 22.4 Å². The van der Waals surface area contributed by atoms with Gasteiger partial charge in [0.05, 0.1) is 29.9 Å². The van der Waals surface area contributed by atoms with Gasteiger partial charge in [0.2, 0.25) is 10.0 Å². The highest BCUT2D eigenvalue weighted by Crippen LogP contribution is 2.23. The first-order chi connectivity index (χ1) is 17.1. The van der Waals surface area contributed by atoms with Crippen molar-refractivity contribution in [2.45, 2.75) is 13.5 Å². The number of hydrogen-bond donors (Lipinski definition) is 1. The van der Waals surface area contributed by atoms with Crippen LogP contribution in [0.2, 0.25) is 0 Å². The van der Waals surface area contributed by atoms with Crippen LogP contribution >= 0.6 is 0 Å². The van der Waals surface area contributed by atoms with E-state index in [1.54, 1.807) is 36.9 Å². The molecule has 0 saturated carbocycles. The predicted octanol–water partition coefficient (Wildman–Crippen LogP) is 3.84. The first-order valence-corrected chi connectivity index (χ1v) is 12.9. The highest BCUT2D eigenvalue weighted by molar-refractivity contribution is 7.92. The van der Waals surface area contributed by atoms with Crippen LogP contribution in [0.15, 0.2) is 83.7 Å². The van der Waals surface area contributed by atoms with Gasteiger partial charge in [0.25, 0.3) is 11.5 Å². The Hall–Kier alpha value is -4.18. The quantitative estimate of drug-likeness (QED) is 0.411. The normalized spacial score (nSPS) is 11.3. The van der Waals surface area contributed by atoms with Crippen molar-refractivity contribution < 1.29 is 17.6 Å². The lowest BCUT2D eigenvalue weighted by atomic mass is 10.1. The summed E-state index contributed by atoms with van der Waals surface area (Å²) in [6.07, 6.45) is 1.03. The molecule has 0 spiro atoms. The van der Waals surface area contributed by atoms with Crippen molar-refractivity contribution in [3.63, 3.8) is 0 Å². The third kappa shape index (κ3) is 4.94. The molecule has 1 heterocycles. The maximum absolute atomic E-state index is 14.1. The Kier molecular flexibility index (Phi) is 6.80. The van der Waals surface area contributed by atoms with E-state index in [4.69, 9.17) is 0 Å². The van der Waals surface area contributed by atoms with Crippen LogP contribution in [0.5, 0.6) is 0 Å². The third-order valence-corrected chi connectivity index (χ3v) is 7.02. The van der Waals surface area contributed by atoms with Gasteiger partial charge in [-0.15, -0.1) is 0 Å². The average Bonchev–Trinajstić information content (AvgIpc) is 3.06. The summed E-state index contributed by atoms with van der Waals surface area (Å²) < 4.78 is 43.1. The molecule has 0 bridgehead atoms. The van der Waals surface area contributed by atoms with Gasteiger partial charge in [-0.05, 0) is 49.4 Å². The van der Waals surface area contributed by atoms with Crippen LogP contribution in [0.1, 0.15) is 21.6 Å². The van der Waals surface area contributed by atoms with Gasteiger partial charge < -0.3 is 5.32 Å². The van der Waals surface area contributed by atoms with E-state index in [0.717, 1.165) is 10.6 Å². The second-order valence-corrected chi connectivity index (χ2v) is 10.2. The maximum atomic E-state index is 14.1. The van der Waals surface area contributed by atoms with Crippen LogP contribution in [0.4, 0.5) is 15.8 Å². The fourth-order valence-electron chi connectivity index (χ4n) is 3.86. The zero-order valence-electron chi connectivity index (χ0n) is 20.0. The largest absolute Gasteiger partial charge is 0.316 e. The SMILES string of the molecule is Cc1c(NC(=O)c2ccc(N(Cc3ccccc3F)S(C)(=O)=O)cc2)c(=O)n(-c2ccccc2)n1C. The molecule has 0 fully saturated rings. The van der Waals surface area contributed by atoms with Crippen LogP contribution in [-0.2, 0) is 23.6 Å². The summed E-state index contributed by atoms with van der Waals surface area (Å²) in [5, 5.41) is 2.68. The van der Waals surface area contributed by atoms with Gasteiger partial charge in [-0.2, -0.15) is 0 Å². The molecule has 8 nitrogen and oxygen atoms in total. The summed E-state index contributed by atoms with van der Waals surface area (Å²) in [6, 6.07) is 20.8. The summed E-state index contributed by atoms with van der Waals surface area (Å²) in [5.41, 5.74) is 1.73. The van der Waals surface area contributed by atoms with Crippen molar-refractivity contribution in [1.82, 2.24) is 9.36 Å². The van der Waals surface area contributed by atoms with Crippen molar-refractivity contribution in [2.75, 3.05) is 15.9 Å². The van der Waals surface area contributed by atoms with E-state index < -0.39 is 21.7 Å². The number of hydrogen-bond acceptors (Lipinski definition) is 4. The molecule has 1 N–H and O–H groups in total. The van der Waals surface area contributed by atoms with Gasteiger partial charge in [0.15, 0.2) is 0 Å². The molecule has 0 atom stereocenters. The number of nitrogens with zero attached hydrogens (tertiary/aromatic N) is 3. The van der Waals surface area contributed by atoms with Crippen molar-refractivity contribution in [1.29, 1.82) is 0 Å². The lowest BCUT2D eigenvalue weighted by molar-refractivity contribution is 0.102. The molecule has 36 heavy (non-hydrogen) atoms. The number of carbonyl (C=O) groups is 1. The van der Waals surface area contributed by atoms with Crippen LogP contribution in [0.3, 0.4) is 0 Å². The topological polar surface area (TPSA) is 93.4 Å². The van der Waals surface area contributed by atoms with E-state index in [1.165, 1.54) is 47.1 Å². The second-order valence-electron chi connectivity index (χ2n) is 8.30. The molecule has 186 valence electrons. The highest BCUT2D eigenvalue weighted by atomic mass is 32.2. The standard InChI is InChI=1S/C26H25FN4O4S/c1-18-24(26(33)31(29(18)2)22-10-5-4-6-11-22)28-25(32)19-13-15-21(16-14-19)30(36(3,34)35)17-20-9-7-8-12-23(20)27/h4-16H,17H2,1-3H3,(H,28,32). The molecule has 0 saturated heterocycles. The van der Waals surface area contributed by atoms with Crippen molar-refractivity contribution >= 4 is 27.3 Å². The lowest BCUT2D eigenvalue weighted by Gasteiger charge is -2.23. The molecule has 0 radical (unpaired) electrons. The monoisotopic (exact) mass is 508 g/mol. The minimum Gasteiger partial charge on any atom is -0.316 e. The number of rotatable bonds is 7. The van der Waals surface area contributed by atoms with Crippen molar-refractivity contribution in [2.24, 2.45) is 7.05 Å². The highest BCUT2D eigenvalue weighted by Gasteiger charge is 2.21. The molecule has 4 aromatic rings. The lowest BCUT2D eigenvalue weighted by Crippen LogP contribution is -2.29. The molecule has 3 aromatic carbocycles. The summed E-state index contributed by atoms with van der Waals surface area (Å²) >= 11 is 0. The van der Waals surface area contributed by atoms with Gasteiger partial charge in [-0.25, -0.2) is 17.5 Å². The predicted molar refractivity (Wildman–Crippen MR) is 138 cm³/mol. The number of anilines is 2. The number of benzene rings is 3. The van der Waals surface area contributed by atoms with E-state index in [-0.39, 0.29) is 34.6 Å². The smallest absolute Gasteiger partial charge is 0.295 e. The van der Waals surface area contributed by atoms with E-state index in [2.05, 4.69) is 5.32 Å². The number of halogens is 1. The van der Waals surface area contributed by atoms with Gasteiger partial charge in [0.1, 0.15) is 11.5 Å². The zero-order valence-corrected chi connectivity index (χ0v) is 20.8. The minimum absolute atomic E-state index is 0.146. The number of aromatic nitrogens is 2. The van der Waals surface area contributed by atoms with E-state index >= 15 is 0 Å². The number of para-hydroxylation sites is 1. The molecule has 1 amide bonds. The Morgan fingerprint density at radius 3 is 2.19 bits per heavy atom. The number of carbonyl (C=O) groups excluding carboxylic acids is 1. The Morgan fingerprint density at radius 1 is 0.972 bits per heavy atom. The van der Waals surface area contributed by atoms with E-state index in [0.29, 0.717) is 11.4 Å². The summed E-state index contributed by atoms with van der Waals surface area (Å²) in [7, 11) is -2.01. The van der Waals surface area contributed by atoms with Crippen LogP contribution < -0.4 is 15.2 Å². The Balaban J connectivity index is 1.59. The van der Waals surface area contributed by atoms with Gasteiger partial charge in [-0.3, -0.25) is 18.6 Å². The summed E-state index contributed by atoms with van der Waals surface area (Å²) in [5.74, 6) is -1.03. The molecule has 1 aromatic heterocycles.